The number of benzene rings is 1. The van der Waals surface area contributed by atoms with Crippen LogP contribution in [-0.4, -0.2) is 15.7 Å². The Morgan fingerprint density at radius 2 is 2.05 bits per heavy atom. The number of carbonyl (C=O) groups excluding carboxylic acids is 1. The van der Waals surface area contributed by atoms with Gasteiger partial charge in [0.1, 0.15) is 5.82 Å². The fourth-order valence-electron chi connectivity index (χ4n) is 2.36. The van der Waals surface area contributed by atoms with E-state index in [0.717, 1.165) is 24.0 Å². The lowest BCUT2D eigenvalue weighted by Gasteiger charge is -2.05. The molecule has 0 aliphatic carbocycles. The monoisotopic (exact) mass is 250 g/mol. The molecular formula is C16H14N2O. The summed E-state index contributed by atoms with van der Waals surface area (Å²) in [4.78, 5) is 15.6. The van der Waals surface area contributed by atoms with Crippen LogP contribution in [0.4, 0.5) is 0 Å². The molecule has 0 fully saturated rings. The van der Waals surface area contributed by atoms with Crippen LogP contribution in [0.1, 0.15) is 27.4 Å². The van der Waals surface area contributed by atoms with Gasteiger partial charge < -0.3 is 0 Å². The average molecular weight is 250 g/mol. The third kappa shape index (κ3) is 2.15. The SMILES string of the molecule is Cc1cccc(Cc2ncc3cccc(C=O)n23)c1. The number of rotatable bonds is 3. The van der Waals surface area contributed by atoms with Gasteiger partial charge >= 0.3 is 0 Å². The quantitative estimate of drug-likeness (QED) is 0.669. The summed E-state index contributed by atoms with van der Waals surface area (Å²) in [6.07, 6.45) is 3.40. The number of nitrogens with zero attached hydrogens (tertiary/aromatic N) is 2. The highest BCUT2D eigenvalue weighted by Crippen LogP contribution is 2.14. The Balaban J connectivity index is 2.08. The second kappa shape index (κ2) is 4.69. The lowest BCUT2D eigenvalue weighted by Crippen LogP contribution is -2.01. The molecular weight excluding hydrogens is 236 g/mol. The van der Waals surface area contributed by atoms with Crippen molar-refractivity contribution in [1.82, 2.24) is 9.38 Å². The van der Waals surface area contributed by atoms with Crippen LogP contribution in [0.15, 0.2) is 48.7 Å². The van der Waals surface area contributed by atoms with Gasteiger partial charge in [0.05, 0.1) is 17.4 Å². The molecule has 1 aromatic carbocycles. The topological polar surface area (TPSA) is 34.4 Å². The smallest absolute Gasteiger partial charge is 0.166 e. The zero-order chi connectivity index (χ0) is 13.2. The molecule has 0 aliphatic heterocycles. The molecule has 0 atom stereocenters. The van der Waals surface area contributed by atoms with E-state index in [-0.39, 0.29) is 0 Å². The minimum Gasteiger partial charge on any atom is -0.296 e. The first-order chi connectivity index (χ1) is 9.28. The Morgan fingerprint density at radius 1 is 1.21 bits per heavy atom. The van der Waals surface area contributed by atoms with Crippen LogP contribution in [0.3, 0.4) is 0 Å². The third-order valence-corrected chi connectivity index (χ3v) is 3.22. The first kappa shape index (κ1) is 11.7. The van der Waals surface area contributed by atoms with Crippen molar-refractivity contribution in [3.8, 4) is 0 Å². The van der Waals surface area contributed by atoms with E-state index in [1.807, 2.05) is 22.6 Å². The summed E-state index contributed by atoms with van der Waals surface area (Å²) in [6.45, 7) is 2.07. The number of aromatic nitrogens is 2. The van der Waals surface area contributed by atoms with Crippen LogP contribution < -0.4 is 0 Å². The summed E-state index contributed by atoms with van der Waals surface area (Å²) in [5, 5.41) is 0. The molecule has 3 heteroatoms. The number of imidazole rings is 1. The number of pyridine rings is 1. The zero-order valence-electron chi connectivity index (χ0n) is 10.7. The molecule has 0 amide bonds. The minimum atomic E-state index is 0.637. The van der Waals surface area contributed by atoms with Gasteiger partial charge in [-0.3, -0.25) is 9.20 Å². The summed E-state index contributed by atoms with van der Waals surface area (Å²) in [5.74, 6) is 0.892. The Bertz CT molecular complexity index is 743. The third-order valence-electron chi connectivity index (χ3n) is 3.22. The lowest BCUT2D eigenvalue weighted by atomic mass is 10.1. The maximum absolute atomic E-state index is 11.1. The predicted octanol–water partition coefficient (Wildman–Crippen LogP) is 3.05. The Kier molecular flexibility index (Phi) is 2.88. The maximum Gasteiger partial charge on any atom is 0.166 e. The first-order valence-corrected chi connectivity index (χ1v) is 6.24. The molecule has 0 radical (unpaired) electrons. The normalized spacial score (nSPS) is 10.8. The molecule has 3 aromatic rings. The van der Waals surface area contributed by atoms with E-state index in [1.54, 1.807) is 12.3 Å². The van der Waals surface area contributed by atoms with E-state index in [9.17, 15) is 4.79 Å². The van der Waals surface area contributed by atoms with E-state index in [1.165, 1.54) is 11.1 Å². The highest BCUT2D eigenvalue weighted by molar-refractivity contribution is 5.74. The molecule has 3 nitrogen and oxygen atoms in total. The van der Waals surface area contributed by atoms with Gasteiger partial charge in [-0.2, -0.15) is 0 Å². The molecule has 0 saturated carbocycles. The fraction of sp³-hybridized carbons (Fsp3) is 0.125. The standard InChI is InChI=1S/C16H14N2O/c1-12-4-2-5-13(8-12)9-16-17-10-14-6-3-7-15(11-19)18(14)16/h2-8,10-11H,9H2,1H3. The Hall–Kier alpha value is -2.42. The van der Waals surface area contributed by atoms with E-state index in [0.29, 0.717) is 5.69 Å². The second-order valence-electron chi connectivity index (χ2n) is 4.67. The van der Waals surface area contributed by atoms with E-state index >= 15 is 0 Å². The van der Waals surface area contributed by atoms with E-state index in [4.69, 9.17) is 0 Å². The van der Waals surface area contributed by atoms with Gasteiger partial charge in [0, 0.05) is 6.42 Å². The van der Waals surface area contributed by atoms with Crippen molar-refractivity contribution in [2.45, 2.75) is 13.3 Å². The number of aldehydes is 1. The van der Waals surface area contributed by atoms with Crippen LogP contribution in [-0.2, 0) is 6.42 Å². The molecule has 94 valence electrons. The number of aryl methyl sites for hydroxylation is 1. The van der Waals surface area contributed by atoms with Crippen LogP contribution in [0, 0.1) is 6.92 Å². The van der Waals surface area contributed by atoms with Crippen LogP contribution in [0.25, 0.3) is 5.52 Å². The Labute approximate surface area is 111 Å². The fourth-order valence-corrected chi connectivity index (χ4v) is 2.36. The van der Waals surface area contributed by atoms with Crippen molar-refractivity contribution in [3.63, 3.8) is 0 Å². The molecule has 0 N–H and O–H groups in total. The van der Waals surface area contributed by atoms with Crippen molar-refractivity contribution in [1.29, 1.82) is 0 Å². The lowest BCUT2D eigenvalue weighted by molar-refractivity contribution is 0.111. The molecule has 0 saturated heterocycles. The first-order valence-electron chi connectivity index (χ1n) is 6.24. The van der Waals surface area contributed by atoms with Gasteiger partial charge in [-0.1, -0.05) is 35.9 Å². The van der Waals surface area contributed by atoms with E-state index < -0.39 is 0 Å². The van der Waals surface area contributed by atoms with Gasteiger partial charge in [-0.05, 0) is 24.6 Å². The molecule has 2 aromatic heterocycles. The number of carbonyl (C=O) groups is 1. The summed E-state index contributed by atoms with van der Waals surface area (Å²) >= 11 is 0. The van der Waals surface area contributed by atoms with Crippen LogP contribution in [0.5, 0.6) is 0 Å². The molecule has 0 spiro atoms. The van der Waals surface area contributed by atoms with Crippen molar-refractivity contribution >= 4 is 11.8 Å². The maximum atomic E-state index is 11.1. The molecule has 0 unspecified atom stereocenters. The van der Waals surface area contributed by atoms with Crippen molar-refractivity contribution in [3.05, 3.63) is 71.3 Å². The largest absolute Gasteiger partial charge is 0.296 e. The summed E-state index contributed by atoms with van der Waals surface area (Å²) in [5.41, 5.74) is 4.02. The molecule has 2 heterocycles. The van der Waals surface area contributed by atoms with Crippen LogP contribution in [0.2, 0.25) is 0 Å². The molecule has 19 heavy (non-hydrogen) atoms. The second-order valence-corrected chi connectivity index (χ2v) is 4.67. The van der Waals surface area contributed by atoms with Crippen molar-refractivity contribution in [2.24, 2.45) is 0 Å². The molecule has 3 rings (SSSR count). The molecule has 0 aliphatic rings. The van der Waals surface area contributed by atoms with Gasteiger partial charge in [0.15, 0.2) is 6.29 Å². The van der Waals surface area contributed by atoms with E-state index in [2.05, 4.69) is 30.1 Å². The van der Waals surface area contributed by atoms with Crippen molar-refractivity contribution < 1.29 is 4.79 Å². The average Bonchev–Trinajstić information content (AvgIpc) is 2.82. The predicted molar refractivity (Wildman–Crippen MR) is 74.6 cm³/mol. The van der Waals surface area contributed by atoms with Gasteiger partial charge in [0.2, 0.25) is 0 Å². The Morgan fingerprint density at radius 3 is 2.84 bits per heavy atom. The summed E-state index contributed by atoms with van der Waals surface area (Å²) in [7, 11) is 0. The van der Waals surface area contributed by atoms with Crippen molar-refractivity contribution in [2.75, 3.05) is 0 Å². The van der Waals surface area contributed by atoms with Gasteiger partial charge in [0.25, 0.3) is 0 Å². The summed E-state index contributed by atoms with van der Waals surface area (Å²) in [6, 6.07) is 14.0. The number of hydrogen-bond donors (Lipinski definition) is 0. The highest BCUT2D eigenvalue weighted by Gasteiger charge is 2.08. The van der Waals surface area contributed by atoms with Crippen LogP contribution >= 0.6 is 0 Å². The van der Waals surface area contributed by atoms with Gasteiger partial charge in [-0.25, -0.2) is 4.98 Å². The number of fused-ring (bicyclic) bond motifs is 1. The number of hydrogen-bond acceptors (Lipinski definition) is 2. The highest BCUT2D eigenvalue weighted by atomic mass is 16.1. The molecule has 0 bridgehead atoms. The minimum absolute atomic E-state index is 0.637. The van der Waals surface area contributed by atoms with Gasteiger partial charge in [-0.15, -0.1) is 0 Å². The summed E-state index contributed by atoms with van der Waals surface area (Å²) < 4.78 is 1.91. The zero-order valence-corrected chi connectivity index (χ0v) is 10.7.